The van der Waals surface area contributed by atoms with E-state index in [9.17, 15) is 9.90 Å². The second-order valence-electron chi connectivity index (χ2n) is 9.14. The number of piperidine rings is 1. The molecule has 35 heavy (non-hydrogen) atoms. The van der Waals surface area contributed by atoms with E-state index < -0.39 is 5.69 Å². The molecule has 6 rings (SSSR count). The number of aromatic nitrogens is 6. The highest BCUT2D eigenvalue weighted by atomic mass is 16.3. The number of aromatic amines is 2. The van der Waals surface area contributed by atoms with Crippen molar-refractivity contribution in [2.24, 2.45) is 0 Å². The Labute approximate surface area is 200 Å². The Bertz CT molecular complexity index is 1540. The smallest absolute Gasteiger partial charge is 0.421 e. The average molecular weight is 475 g/mol. The Kier molecular flexibility index (Phi) is 5.44. The van der Waals surface area contributed by atoms with Crippen molar-refractivity contribution in [1.82, 2.24) is 29.5 Å². The van der Waals surface area contributed by atoms with Crippen molar-refractivity contribution in [1.29, 1.82) is 0 Å². The molecule has 0 unspecified atom stereocenters. The number of nitrogens with zero attached hydrogens (tertiary/aromatic N) is 5. The van der Waals surface area contributed by atoms with Gasteiger partial charge in [0.25, 0.3) is 0 Å². The lowest BCUT2D eigenvalue weighted by Crippen LogP contribution is -2.80. The summed E-state index contributed by atoms with van der Waals surface area (Å²) < 4.78 is 1.65. The number of nitrogens with one attached hydrogen (secondary N) is 4. The summed E-state index contributed by atoms with van der Waals surface area (Å²) in [5.41, 5.74) is 3.41. The predicted octanol–water partition coefficient (Wildman–Crippen LogP) is -0.860. The fourth-order valence-electron chi connectivity index (χ4n) is 4.50. The standard InChI is InChI=1S/C24H27N9O2/c34-21-18(28-24(35)30-21)12-16-14-26-33-20(16)29-22(31-23(33)27-17-8-9-17)25-13-15-6-2-3-7-19(15)32-10-4-1-5-11-32/h2-3,6-7,12,14,17,34H,1,4-5,8-11,13H2,(H,25,27,31)(H2,28,30,35)/p+1. The van der Waals surface area contributed by atoms with E-state index in [2.05, 4.69) is 54.5 Å². The minimum absolute atomic E-state index is 0.229. The molecule has 0 atom stereocenters. The van der Waals surface area contributed by atoms with E-state index in [1.807, 2.05) is 0 Å². The van der Waals surface area contributed by atoms with Crippen LogP contribution in [0.25, 0.3) is 11.7 Å². The van der Waals surface area contributed by atoms with Crippen LogP contribution in [-0.4, -0.2) is 53.8 Å². The molecule has 2 aliphatic rings. The van der Waals surface area contributed by atoms with Crippen molar-refractivity contribution < 1.29 is 10.1 Å². The summed E-state index contributed by atoms with van der Waals surface area (Å²) in [6.45, 7) is 2.75. The molecular weight excluding hydrogens is 446 g/mol. The number of aromatic hydroxyl groups is 1. The maximum absolute atomic E-state index is 11.5. The Balaban J connectivity index is 1.37. The predicted molar refractivity (Wildman–Crippen MR) is 130 cm³/mol. The lowest BCUT2D eigenvalue weighted by Gasteiger charge is -2.30. The summed E-state index contributed by atoms with van der Waals surface area (Å²) >= 11 is 0. The molecule has 1 aromatic carbocycles. The van der Waals surface area contributed by atoms with Gasteiger partial charge in [-0.15, -0.1) is 5.10 Å². The van der Waals surface area contributed by atoms with Gasteiger partial charge in [-0.2, -0.15) is 4.98 Å². The van der Waals surface area contributed by atoms with Gasteiger partial charge in [0.05, 0.1) is 17.5 Å². The zero-order valence-electron chi connectivity index (χ0n) is 19.3. The first-order valence-electron chi connectivity index (χ1n) is 12.1. The number of H-pyrrole nitrogens is 2. The SMILES string of the molecule is O=c1[nH]c(O)c(C=c2cnn3c(=[NH+]C4CC4)nc(NCc4ccccc4N4CCCCC4)nc23)[nH]1. The van der Waals surface area contributed by atoms with Crippen molar-refractivity contribution in [3.05, 3.63) is 63.0 Å². The van der Waals surface area contributed by atoms with Gasteiger partial charge in [0, 0.05) is 25.3 Å². The lowest BCUT2D eigenvalue weighted by molar-refractivity contribution is -0.523. The van der Waals surface area contributed by atoms with Crippen molar-refractivity contribution in [2.75, 3.05) is 23.3 Å². The van der Waals surface area contributed by atoms with Gasteiger partial charge < -0.3 is 20.3 Å². The first-order valence-corrected chi connectivity index (χ1v) is 12.1. The Morgan fingerprint density at radius 2 is 1.97 bits per heavy atom. The van der Waals surface area contributed by atoms with E-state index in [4.69, 9.17) is 9.97 Å². The van der Waals surface area contributed by atoms with Crippen LogP contribution in [-0.2, 0) is 6.54 Å². The molecule has 0 spiro atoms. The third-order valence-electron chi connectivity index (χ3n) is 6.47. The van der Waals surface area contributed by atoms with Gasteiger partial charge >= 0.3 is 17.3 Å². The summed E-state index contributed by atoms with van der Waals surface area (Å²) in [5.74, 6) is 0.253. The fraction of sp³-hybridized carbons (Fsp3) is 0.375. The molecule has 5 N–H and O–H groups in total. The molecule has 11 nitrogen and oxygen atoms in total. The van der Waals surface area contributed by atoms with Gasteiger partial charge in [-0.05, 0) is 54.8 Å². The molecule has 3 aromatic heterocycles. The molecule has 0 bridgehead atoms. The molecule has 1 aliphatic carbocycles. The summed E-state index contributed by atoms with van der Waals surface area (Å²) in [7, 11) is 0. The third-order valence-corrected chi connectivity index (χ3v) is 6.47. The Morgan fingerprint density at radius 3 is 2.74 bits per heavy atom. The average Bonchev–Trinajstić information content (AvgIpc) is 3.51. The van der Waals surface area contributed by atoms with Crippen LogP contribution < -0.4 is 31.7 Å². The zero-order valence-corrected chi connectivity index (χ0v) is 19.3. The van der Waals surface area contributed by atoms with Crippen LogP contribution >= 0.6 is 0 Å². The second-order valence-corrected chi connectivity index (χ2v) is 9.14. The molecule has 0 radical (unpaired) electrons. The molecule has 180 valence electrons. The van der Waals surface area contributed by atoms with E-state index in [0.29, 0.717) is 35.0 Å². The van der Waals surface area contributed by atoms with Gasteiger partial charge in [0.2, 0.25) is 11.5 Å². The van der Waals surface area contributed by atoms with Crippen molar-refractivity contribution in [3.8, 4) is 5.88 Å². The molecule has 1 aliphatic heterocycles. The number of hydrogen-bond donors (Lipinski definition) is 5. The molecule has 2 fully saturated rings. The van der Waals surface area contributed by atoms with Gasteiger partial charge in [-0.25, -0.2) is 4.79 Å². The number of fused-ring (bicyclic) bond motifs is 1. The summed E-state index contributed by atoms with van der Waals surface area (Å²) in [5, 5.41) is 18.5. The van der Waals surface area contributed by atoms with Crippen LogP contribution in [0.15, 0.2) is 35.3 Å². The number of anilines is 2. The summed E-state index contributed by atoms with van der Waals surface area (Å²) in [6, 6.07) is 8.84. The number of imidazole rings is 1. The molecule has 0 amide bonds. The van der Waals surface area contributed by atoms with Crippen molar-refractivity contribution in [2.45, 2.75) is 44.7 Å². The highest BCUT2D eigenvalue weighted by molar-refractivity contribution is 5.58. The minimum atomic E-state index is -0.481. The van der Waals surface area contributed by atoms with E-state index in [0.717, 1.165) is 25.9 Å². The van der Waals surface area contributed by atoms with E-state index >= 15 is 0 Å². The quantitative estimate of drug-likeness (QED) is 0.245. The molecule has 1 saturated carbocycles. The Hall–Kier alpha value is -4.15. The van der Waals surface area contributed by atoms with Crippen LogP contribution in [0, 0.1) is 0 Å². The minimum Gasteiger partial charge on any atom is -0.493 e. The van der Waals surface area contributed by atoms with E-state index in [-0.39, 0.29) is 11.6 Å². The van der Waals surface area contributed by atoms with Crippen LogP contribution in [0.5, 0.6) is 5.88 Å². The van der Waals surface area contributed by atoms with Crippen LogP contribution in [0.1, 0.15) is 43.4 Å². The topological polar surface area (TPSA) is 141 Å². The van der Waals surface area contributed by atoms with Gasteiger partial charge in [-0.1, -0.05) is 22.7 Å². The fourth-order valence-corrected chi connectivity index (χ4v) is 4.50. The number of rotatable bonds is 6. The molecule has 4 heterocycles. The highest BCUT2D eigenvalue weighted by Crippen LogP contribution is 2.24. The number of para-hydroxylation sites is 1. The third kappa shape index (κ3) is 4.48. The van der Waals surface area contributed by atoms with E-state index in [1.54, 1.807) is 16.8 Å². The van der Waals surface area contributed by atoms with Gasteiger partial charge in [0.1, 0.15) is 5.69 Å². The molecular formula is C24H28N9O2+. The maximum Gasteiger partial charge on any atom is 0.421 e. The Morgan fingerprint density at radius 1 is 1.14 bits per heavy atom. The molecule has 1 saturated heterocycles. The van der Waals surface area contributed by atoms with Crippen LogP contribution in [0.4, 0.5) is 11.6 Å². The number of hydrogen-bond acceptors (Lipinski definition) is 7. The normalized spacial score (nSPS) is 17.4. The lowest BCUT2D eigenvalue weighted by atomic mass is 10.1. The summed E-state index contributed by atoms with van der Waals surface area (Å²) in [4.78, 5) is 31.7. The second kappa shape index (κ2) is 8.90. The first-order chi connectivity index (χ1) is 17.1. The van der Waals surface area contributed by atoms with Crippen molar-refractivity contribution in [3.63, 3.8) is 0 Å². The highest BCUT2D eigenvalue weighted by Gasteiger charge is 2.24. The molecule has 4 aromatic rings. The van der Waals surface area contributed by atoms with Crippen LogP contribution in [0.2, 0.25) is 0 Å². The maximum atomic E-state index is 11.5. The number of benzene rings is 1. The van der Waals surface area contributed by atoms with Gasteiger partial charge in [0.15, 0.2) is 0 Å². The summed E-state index contributed by atoms with van der Waals surface area (Å²) in [6.07, 6.45) is 9.20. The zero-order chi connectivity index (χ0) is 23.8. The van der Waals surface area contributed by atoms with Gasteiger partial charge in [-0.3, -0.25) is 9.98 Å². The van der Waals surface area contributed by atoms with Crippen molar-refractivity contribution >= 4 is 23.4 Å². The monoisotopic (exact) mass is 474 g/mol. The largest absolute Gasteiger partial charge is 0.493 e. The molecule has 11 heteroatoms. The first kappa shape index (κ1) is 21.4. The van der Waals surface area contributed by atoms with E-state index in [1.165, 1.54) is 30.5 Å². The van der Waals surface area contributed by atoms with Crippen LogP contribution in [0.3, 0.4) is 0 Å².